The Morgan fingerprint density at radius 1 is 1.10 bits per heavy atom. The summed E-state index contributed by atoms with van der Waals surface area (Å²) in [6.45, 7) is 1.36. The fourth-order valence-corrected chi connectivity index (χ4v) is 4.70. The zero-order valence-electron chi connectivity index (χ0n) is 17.2. The van der Waals surface area contributed by atoms with Gasteiger partial charge in [0.25, 0.3) is 11.8 Å². The fourth-order valence-electron chi connectivity index (χ4n) is 4.70. The second-order valence-electron chi connectivity index (χ2n) is 8.16. The van der Waals surface area contributed by atoms with Crippen LogP contribution in [0.3, 0.4) is 0 Å². The maximum Gasteiger partial charge on any atom is 0.272 e. The van der Waals surface area contributed by atoms with Gasteiger partial charge in [0.15, 0.2) is 0 Å². The van der Waals surface area contributed by atoms with E-state index in [0.29, 0.717) is 12.1 Å². The molecule has 0 bridgehead atoms. The van der Waals surface area contributed by atoms with Crippen LogP contribution in [0.25, 0.3) is 0 Å². The number of carbonyl (C=O) groups is 2. The number of amides is 2. The molecule has 1 N–H and O–H groups in total. The highest BCUT2D eigenvalue weighted by Gasteiger charge is 2.32. The van der Waals surface area contributed by atoms with Crippen molar-refractivity contribution in [3.05, 3.63) is 52.8 Å². The molecule has 1 saturated heterocycles. The molecule has 0 spiro atoms. The number of likely N-dealkylation sites (tertiary alicyclic amines) is 1. The van der Waals surface area contributed by atoms with Gasteiger partial charge >= 0.3 is 0 Å². The van der Waals surface area contributed by atoms with E-state index in [9.17, 15) is 9.59 Å². The molecule has 0 radical (unpaired) electrons. The van der Waals surface area contributed by atoms with Gasteiger partial charge in [-0.05, 0) is 63.5 Å². The number of hydrogen-bond acceptors (Lipinski definition) is 3. The summed E-state index contributed by atoms with van der Waals surface area (Å²) in [6, 6.07) is 9.44. The molecule has 0 unspecified atom stereocenters. The maximum absolute atomic E-state index is 13.5. The van der Waals surface area contributed by atoms with Crippen LogP contribution in [0.4, 0.5) is 0 Å². The van der Waals surface area contributed by atoms with E-state index in [1.807, 2.05) is 42.3 Å². The van der Waals surface area contributed by atoms with Crippen molar-refractivity contribution in [1.29, 1.82) is 0 Å². The minimum absolute atomic E-state index is 0.0556. The predicted octanol–water partition coefficient (Wildman–Crippen LogP) is 3.11. The van der Waals surface area contributed by atoms with Crippen LogP contribution in [-0.4, -0.2) is 45.6 Å². The second kappa shape index (κ2) is 8.80. The molecule has 1 aliphatic heterocycles. The number of benzene rings is 1. The molecule has 1 aliphatic carbocycles. The number of rotatable bonds is 5. The van der Waals surface area contributed by atoms with Crippen molar-refractivity contribution in [2.24, 2.45) is 7.05 Å². The Balaban J connectivity index is 1.42. The summed E-state index contributed by atoms with van der Waals surface area (Å²) in [7, 11) is 1.89. The number of aryl methyl sites for hydroxylation is 2. The number of aromatic nitrogens is 2. The van der Waals surface area contributed by atoms with E-state index >= 15 is 0 Å². The fraction of sp³-hybridized carbons (Fsp3) is 0.522. The number of piperidine rings is 1. The Kier molecular flexibility index (Phi) is 5.97. The van der Waals surface area contributed by atoms with Gasteiger partial charge in [-0.1, -0.05) is 18.2 Å². The molecule has 2 heterocycles. The molecule has 1 atom stereocenters. The summed E-state index contributed by atoms with van der Waals surface area (Å²) in [5.41, 5.74) is 3.71. The normalized spacial score (nSPS) is 18.9. The smallest absolute Gasteiger partial charge is 0.272 e. The first-order chi connectivity index (χ1) is 14.1. The van der Waals surface area contributed by atoms with Gasteiger partial charge in [-0.25, -0.2) is 0 Å². The Labute approximate surface area is 172 Å². The lowest BCUT2D eigenvalue weighted by atomic mass is 9.94. The lowest BCUT2D eigenvalue weighted by Crippen LogP contribution is -2.46. The summed E-state index contributed by atoms with van der Waals surface area (Å²) < 4.78 is 1.79. The Morgan fingerprint density at radius 2 is 1.90 bits per heavy atom. The van der Waals surface area contributed by atoms with Crippen LogP contribution >= 0.6 is 0 Å². The molecular formula is C23H30N4O2. The van der Waals surface area contributed by atoms with Crippen LogP contribution in [-0.2, 0) is 19.9 Å². The first-order valence-electron chi connectivity index (χ1n) is 10.8. The molecule has 4 rings (SSSR count). The summed E-state index contributed by atoms with van der Waals surface area (Å²) in [4.78, 5) is 27.8. The van der Waals surface area contributed by atoms with Gasteiger partial charge in [0.05, 0.1) is 5.69 Å². The lowest BCUT2D eigenvalue weighted by Gasteiger charge is -2.36. The Hall–Kier alpha value is -2.63. The first-order valence-corrected chi connectivity index (χ1v) is 10.8. The molecule has 1 fully saturated rings. The third-order valence-corrected chi connectivity index (χ3v) is 6.21. The molecule has 1 aromatic heterocycles. The van der Waals surface area contributed by atoms with Gasteiger partial charge in [-0.15, -0.1) is 0 Å². The van der Waals surface area contributed by atoms with Gasteiger partial charge in [0.1, 0.15) is 5.69 Å². The van der Waals surface area contributed by atoms with Crippen molar-refractivity contribution in [2.75, 3.05) is 13.1 Å². The minimum Gasteiger partial charge on any atom is -0.352 e. The monoisotopic (exact) mass is 394 g/mol. The van der Waals surface area contributed by atoms with E-state index in [2.05, 4.69) is 10.4 Å². The van der Waals surface area contributed by atoms with Crippen molar-refractivity contribution >= 4 is 11.8 Å². The van der Waals surface area contributed by atoms with E-state index in [0.717, 1.165) is 74.9 Å². The molecule has 6 heteroatoms. The van der Waals surface area contributed by atoms with Gasteiger partial charge in [-0.2, -0.15) is 5.10 Å². The Morgan fingerprint density at radius 3 is 2.72 bits per heavy atom. The van der Waals surface area contributed by atoms with E-state index in [4.69, 9.17) is 0 Å². The van der Waals surface area contributed by atoms with Crippen LogP contribution in [0.1, 0.15) is 70.6 Å². The van der Waals surface area contributed by atoms with E-state index in [1.165, 1.54) is 0 Å². The summed E-state index contributed by atoms with van der Waals surface area (Å²) in [5.74, 6) is 0.0576. The summed E-state index contributed by atoms with van der Waals surface area (Å²) >= 11 is 0. The third-order valence-electron chi connectivity index (χ3n) is 6.21. The molecule has 154 valence electrons. The average molecular weight is 395 g/mol. The molecule has 0 saturated carbocycles. The predicted molar refractivity (Wildman–Crippen MR) is 112 cm³/mol. The van der Waals surface area contributed by atoms with Crippen LogP contribution in [0.2, 0.25) is 0 Å². The van der Waals surface area contributed by atoms with Crippen molar-refractivity contribution in [1.82, 2.24) is 20.0 Å². The standard InChI is InChI=1S/C23H30N4O2/c1-26-21(19-12-5-6-13-20(19)25-26)23(29)27-16-8-7-11-18(27)14-15-24-22(28)17-9-3-2-4-10-17/h2-4,9-10,18H,5-8,11-16H2,1H3,(H,24,28)/t18-/m0/s1. The molecular weight excluding hydrogens is 364 g/mol. The quantitative estimate of drug-likeness (QED) is 0.847. The highest BCUT2D eigenvalue weighted by molar-refractivity contribution is 5.95. The van der Waals surface area contributed by atoms with Crippen molar-refractivity contribution in [3.8, 4) is 0 Å². The van der Waals surface area contributed by atoms with Gasteiger partial charge < -0.3 is 10.2 Å². The second-order valence-corrected chi connectivity index (χ2v) is 8.16. The minimum atomic E-state index is -0.0556. The molecule has 6 nitrogen and oxygen atoms in total. The van der Waals surface area contributed by atoms with Crippen molar-refractivity contribution in [3.63, 3.8) is 0 Å². The van der Waals surface area contributed by atoms with Crippen LogP contribution < -0.4 is 5.32 Å². The third kappa shape index (κ3) is 4.21. The number of fused-ring (bicyclic) bond motifs is 1. The van der Waals surface area contributed by atoms with E-state index in [-0.39, 0.29) is 17.9 Å². The summed E-state index contributed by atoms with van der Waals surface area (Å²) in [6.07, 6.45) is 8.17. The lowest BCUT2D eigenvalue weighted by molar-refractivity contribution is 0.0589. The molecule has 2 amide bonds. The first kappa shape index (κ1) is 19.7. The number of nitrogens with one attached hydrogen (secondary N) is 1. The highest BCUT2D eigenvalue weighted by Crippen LogP contribution is 2.27. The van der Waals surface area contributed by atoms with Crippen LogP contribution in [0, 0.1) is 0 Å². The molecule has 2 aromatic rings. The van der Waals surface area contributed by atoms with E-state index in [1.54, 1.807) is 4.68 Å². The topological polar surface area (TPSA) is 67.2 Å². The van der Waals surface area contributed by atoms with Gasteiger partial charge in [-0.3, -0.25) is 14.3 Å². The van der Waals surface area contributed by atoms with Crippen LogP contribution in [0.5, 0.6) is 0 Å². The van der Waals surface area contributed by atoms with E-state index < -0.39 is 0 Å². The highest BCUT2D eigenvalue weighted by atomic mass is 16.2. The zero-order valence-corrected chi connectivity index (χ0v) is 17.2. The van der Waals surface area contributed by atoms with Crippen molar-refractivity contribution < 1.29 is 9.59 Å². The SMILES string of the molecule is Cn1nc2c(c1C(=O)N1CCCC[C@H]1CCNC(=O)c1ccccc1)CCCC2. The van der Waals surface area contributed by atoms with Crippen LogP contribution in [0.15, 0.2) is 30.3 Å². The molecule has 1 aromatic carbocycles. The number of hydrogen-bond donors (Lipinski definition) is 1. The van der Waals surface area contributed by atoms with Gasteiger partial charge in [0.2, 0.25) is 0 Å². The molecule has 29 heavy (non-hydrogen) atoms. The summed E-state index contributed by atoms with van der Waals surface area (Å²) in [5, 5.41) is 7.63. The number of nitrogens with zero attached hydrogens (tertiary/aromatic N) is 3. The zero-order chi connectivity index (χ0) is 20.2. The maximum atomic E-state index is 13.5. The van der Waals surface area contributed by atoms with Gasteiger partial charge in [0, 0.05) is 37.3 Å². The average Bonchev–Trinajstić information content (AvgIpc) is 3.10. The Bertz CT molecular complexity index is 875. The largest absolute Gasteiger partial charge is 0.352 e. The molecule has 2 aliphatic rings. The number of carbonyl (C=O) groups excluding carboxylic acids is 2. The van der Waals surface area contributed by atoms with Crippen molar-refractivity contribution in [2.45, 2.75) is 57.4 Å².